The summed E-state index contributed by atoms with van der Waals surface area (Å²) in [6.07, 6.45) is 0.736. The third-order valence-electron chi connectivity index (χ3n) is 6.24. The maximum absolute atomic E-state index is 13.9. The van der Waals surface area contributed by atoms with Gasteiger partial charge < -0.3 is 15.0 Å². The second-order valence-corrected chi connectivity index (χ2v) is 11.4. The average Bonchev–Trinajstić information content (AvgIpc) is 2.93. The number of amides is 2. The molecule has 0 aliphatic carbocycles. The molecular weight excluding hydrogens is 538 g/mol. The summed E-state index contributed by atoms with van der Waals surface area (Å²) in [5, 5.41) is 3.00. The van der Waals surface area contributed by atoms with Crippen LogP contribution in [0.1, 0.15) is 31.4 Å². The quantitative estimate of drug-likeness (QED) is 0.337. The number of hydrogen-bond acceptors (Lipinski definition) is 5. The van der Waals surface area contributed by atoms with Gasteiger partial charge in [0.25, 0.3) is 10.0 Å². The molecule has 1 atom stereocenters. The first kappa shape index (κ1) is 30.0. The first-order valence-corrected chi connectivity index (χ1v) is 14.4. The summed E-state index contributed by atoms with van der Waals surface area (Å²) in [6, 6.07) is 19.1. The minimum Gasteiger partial charge on any atom is -0.497 e. The topological polar surface area (TPSA) is 96.0 Å². The molecule has 0 aliphatic heterocycles. The standard InChI is InChI=1S/C29H34ClN3O5S/c1-5-18-31-29(35)22(3)32(19-23-12-14-24(38-4)15-13-23)28(34)20-33(27-9-7-6-8-26(27)30)39(36,37)25-16-10-21(2)11-17-25/h6-17,22H,5,18-20H2,1-4H3,(H,31,35)/t22-/m1/s1. The smallest absolute Gasteiger partial charge is 0.264 e. The van der Waals surface area contributed by atoms with E-state index in [2.05, 4.69) is 5.32 Å². The number of methoxy groups -OCH3 is 1. The minimum atomic E-state index is -4.18. The van der Waals surface area contributed by atoms with Crippen LogP contribution in [0.2, 0.25) is 5.02 Å². The maximum Gasteiger partial charge on any atom is 0.264 e. The van der Waals surface area contributed by atoms with E-state index in [1.807, 2.05) is 13.8 Å². The molecule has 0 bridgehead atoms. The van der Waals surface area contributed by atoms with Gasteiger partial charge in [0, 0.05) is 13.1 Å². The number of anilines is 1. The van der Waals surface area contributed by atoms with Crippen LogP contribution in [0.15, 0.2) is 77.7 Å². The second-order valence-electron chi connectivity index (χ2n) is 9.11. The van der Waals surface area contributed by atoms with Crippen molar-refractivity contribution >= 4 is 39.1 Å². The molecule has 0 heterocycles. The zero-order chi connectivity index (χ0) is 28.6. The average molecular weight is 572 g/mol. The summed E-state index contributed by atoms with van der Waals surface area (Å²) in [5.41, 5.74) is 1.82. The molecule has 0 radical (unpaired) electrons. The highest BCUT2D eigenvalue weighted by Crippen LogP contribution is 2.31. The van der Waals surface area contributed by atoms with Crippen molar-refractivity contribution in [1.29, 1.82) is 0 Å². The van der Waals surface area contributed by atoms with E-state index in [0.717, 1.165) is 21.9 Å². The Kier molecular flexibility index (Phi) is 10.4. The summed E-state index contributed by atoms with van der Waals surface area (Å²) in [7, 11) is -2.62. The van der Waals surface area contributed by atoms with E-state index in [-0.39, 0.29) is 28.1 Å². The van der Waals surface area contributed by atoms with Gasteiger partial charge in [0.05, 0.1) is 22.7 Å². The molecule has 10 heteroatoms. The molecule has 8 nitrogen and oxygen atoms in total. The van der Waals surface area contributed by atoms with Crippen molar-refractivity contribution in [1.82, 2.24) is 10.2 Å². The van der Waals surface area contributed by atoms with Crippen LogP contribution in [-0.4, -0.2) is 51.4 Å². The van der Waals surface area contributed by atoms with Crippen LogP contribution in [0.3, 0.4) is 0 Å². The third kappa shape index (κ3) is 7.52. The molecule has 2 amide bonds. The van der Waals surface area contributed by atoms with Crippen molar-refractivity contribution in [3.63, 3.8) is 0 Å². The van der Waals surface area contributed by atoms with E-state index >= 15 is 0 Å². The number of carbonyl (C=O) groups excluding carboxylic acids is 2. The molecule has 3 aromatic rings. The molecule has 208 valence electrons. The van der Waals surface area contributed by atoms with Crippen molar-refractivity contribution in [3.8, 4) is 5.75 Å². The van der Waals surface area contributed by atoms with Gasteiger partial charge in [-0.05, 0) is 62.2 Å². The number of rotatable bonds is 12. The fourth-order valence-corrected chi connectivity index (χ4v) is 5.63. The number of ether oxygens (including phenoxy) is 1. The Morgan fingerprint density at radius 2 is 1.64 bits per heavy atom. The lowest BCUT2D eigenvalue weighted by Gasteiger charge is -2.32. The van der Waals surface area contributed by atoms with Crippen LogP contribution in [0, 0.1) is 6.92 Å². The Balaban J connectivity index is 2.02. The highest BCUT2D eigenvalue weighted by atomic mass is 35.5. The van der Waals surface area contributed by atoms with Gasteiger partial charge in [-0.3, -0.25) is 13.9 Å². The van der Waals surface area contributed by atoms with E-state index < -0.39 is 28.5 Å². The van der Waals surface area contributed by atoms with Crippen LogP contribution < -0.4 is 14.4 Å². The lowest BCUT2D eigenvalue weighted by atomic mass is 10.1. The van der Waals surface area contributed by atoms with Gasteiger partial charge in [0.2, 0.25) is 11.8 Å². The zero-order valence-electron chi connectivity index (χ0n) is 22.6. The lowest BCUT2D eigenvalue weighted by molar-refractivity contribution is -0.139. The molecule has 0 saturated carbocycles. The molecule has 0 aromatic heterocycles. The van der Waals surface area contributed by atoms with Gasteiger partial charge in [-0.25, -0.2) is 8.42 Å². The van der Waals surface area contributed by atoms with Crippen LogP contribution in [0.4, 0.5) is 5.69 Å². The molecule has 0 unspecified atom stereocenters. The predicted molar refractivity (Wildman–Crippen MR) is 153 cm³/mol. The van der Waals surface area contributed by atoms with E-state index in [9.17, 15) is 18.0 Å². The lowest BCUT2D eigenvalue weighted by Crippen LogP contribution is -2.51. The SMILES string of the molecule is CCCNC(=O)[C@@H](C)N(Cc1ccc(OC)cc1)C(=O)CN(c1ccccc1Cl)S(=O)(=O)c1ccc(C)cc1. The molecule has 0 fully saturated rings. The molecule has 39 heavy (non-hydrogen) atoms. The van der Waals surface area contributed by atoms with Gasteiger partial charge in [0.1, 0.15) is 18.3 Å². The number of halogens is 1. The minimum absolute atomic E-state index is 0.0243. The summed E-state index contributed by atoms with van der Waals surface area (Å²) >= 11 is 6.42. The van der Waals surface area contributed by atoms with E-state index in [1.165, 1.54) is 17.0 Å². The van der Waals surface area contributed by atoms with E-state index in [0.29, 0.717) is 12.3 Å². The summed E-state index contributed by atoms with van der Waals surface area (Å²) in [5.74, 6) is -0.232. The molecule has 3 aromatic carbocycles. The Hall–Kier alpha value is -3.56. The number of nitrogens with one attached hydrogen (secondary N) is 1. The fraction of sp³-hybridized carbons (Fsp3) is 0.310. The number of aryl methyl sites for hydroxylation is 1. The van der Waals surface area contributed by atoms with Crippen LogP contribution in [-0.2, 0) is 26.2 Å². The number of carbonyl (C=O) groups is 2. The van der Waals surface area contributed by atoms with Crippen LogP contribution >= 0.6 is 11.6 Å². The van der Waals surface area contributed by atoms with E-state index in [4.69, 9.17) is 16.3 Å². The molecule has 0 spiro atoms. The van der Waals surface area contributed by atoms with Crippen molar-refractivity contribution in [2.45, 2.75) is 44.7 Å². The monoisotopic (exact) mass is 571 g/mol. The fourth-order valence-electron chi connectivity index (χ4n) is 3.91. The van der Waals surface area contributed by atoms with Crippen molar-refractivity contribution in [2.24, 2.45) is 0 Å². The number of para-hydroxylation sites is 1. The van der Waals surface area contributed by atoms with E-state index in [1.54, 1.807) is 74.7 Å². The van der Waals surface area contributed by atoms with Gasteiger partial charge in [0.15, 0.2) is 0 Å². The highest BCUT2D eigenvalue weighted by Gasteiger charge is 2.33. The predicted octanol–water partition coefficient (Wildman–Crippen LogP) is 4.80. The van der Waals surface area contributed by atoms with Gasteiger partial charge in [-0.15, -0.1) is 0 Å². The second kappa shape index (κ2) is 13.5. The first-order chi connectivity index (χ1) is 18.6. The number of sulfonamides is 1. The van der Waals surface area contributed by atoms with Crippen molar-refractivity contribution in [2.75, 3.05) is 24.5 Å². The Bertz CT molecular complexity index is 1380. The zero-order valence-corrected chi connectivity index (χ0v) is 24.1. The largest absolute Gasteiger partial charge is 0.497 e. The van der Waals surface area contributed by atoms with Crippen molar-refractivity contribution < 1.29 is 22.7 Å². The van der Waals surface area contributed by atoms with Gasteiger partial charge in [-0.1, -0.05) is 60.5 Å². The molecule has 3 rings (SSSR count). The number of benzene rings is 3. The maximum atomic E-state index is 13.9. The molecule has 1 N–H and O–H groups in total. The van der Waals surface area contributed by atoms with Gasteiger partial charge in [-0.2, -0.15) is 0 Å². The van der Waals surface area contributed by atoms with Crippen molar-refractivity contribution in [3.05, 3.63) is 88.9 Å². The Labute approximate surface area is 235 Å². The number of hydrogen-bond donors (Lipinski definition) is 1. The third-order valence-corrected chi connectivity index (χ3v) is 8.33. The summed E-state index contributed by atoms with van der Waals surface area (Å²) in [6.45, 7) is 5.41. The summed E-state index contributed by atoms with van der Waals surface area (Å²) in [4.78, 5) is 28.2. The normalized spacial score (nSPS) is 11.9. The summed E-state index contributed by atoms with van der Waals surface area (Å²) < 4.78 is 33.9. The number of nitrogens with zero attached hydrogens (tertiary/aromatic N) is 2. The first-order valence-electron chi connectivity index (χ1n) is 12.6. The van der Waals surface area contributed by atoms with Crippen LogP contribution in [0.5, 0.6) is 5.75 Å². The highest BCUT2D eigenvalue weighted by molar-refractivity contribution is 7.92. The van der Waals surface area contributed by atoms with Gasteiger partial charge >= 0.3 is 0 Å². The molecule has 0 saturated heterocycles. The molecule has 0 aliphatic rings. The van der Waals surface area contributed by atoms with Crippen LogP contribution in [0.25, 0.3) is 0 Å². The Morgan fingerprint density at radius 3 is 2.23 bits per heavy atom. The molecular formula is C29H34ClN3O5S. The Morgan fingerprint density at radius 1 is 1.00 bits per heavy atom.